The van der Waals surface area contributed by atoms with Crippen molar-refractivity contribution < 1.29 is 19.0 Å². The zero-order valence-corrected chi connectivity index (χ0v) is 8.83. The molecular weight excluding hydrogens is 211 g/mol. The predicted molar refractivity (Wildman–Crippen MR) is 55.5 cm³/mol. The van der Waals surface area contributed by atoms with E-state index >= 15 is 0 Å². The number of cyclic esters (lactones) is 1. The minimum absolute atomic E-state index is 0.0356. The summed E-state index contributed by atoms with van der Waals surface area (Å²) < 4.78 is 18.2. The maximum Gasteiger partial charge on any atom is 0.339 e. The van der Waals surface area contributed by atoms with E-state index in [2.05, 4.69) is 0 Å². The fraction of sp³-hybridized carbons (Fsp3) is 0.417. The van der Waals surface area contributed by atoms with E-state index in [1.807, 2.05) is 0 Å². The molecule has 2 rings (SSSR count). The standard InChI is InChI=1S/C12H13FO3/c13-10-5-4-8(3-1-2-6-14)11-9(10)7-16-12(11)15/h4-5,14H,1-3,6-7H2. The van der Waals surface area contributed by atoms with Crippen LogP contribution in [0.2, 0.25) is 0 Å². The summed E-state index contributed by atoms with van der Waals surface area (Å²) in [6, 6.07) is 2.99. The number of aryl methyl sites for hydroxylation is 1. The van der Waals surface area contributed by atoms with Crippen LogP contribution < -0.4 is 0 Å². The molecule has 1 aromatic rings. The lowest BCUT2D eigenvalue weighted by atomic mass is 9.98. The number of aliphatic hydroxyl groups excluding tert-OH is 1. The van der Waals surface area contributed by atoms with Crippen LogP contribution in [-0.4, -0.2) is 17.7 Å². The summed E-state index contributed by atoms with van der Waals surface area (Å²) in [7, 11) is 0. The lowest BCUT2D eigenvalue weighted by Gasteiger charge is -2.05. The van der Waals surface area contributed by atoms with Gasteiger partial charge in [-0.25, -0.2) is 9.18 Å². The number of unbranched alkanes of at least 4 members (excludes halogenated alkanes) is 1. The molecule has 0 spiro atoms. The second-order valence-electron chi connectivity index (χ2n) is 3.82. The van der Waals surface area contributed by atoms with Gasteiger partial charge in [0.2, 0.25) is 0 Å². The number of benzene rings is 1. The van der Waals surface area contributed by atoms with Crippen molar-refractivity contribution in [3.63, 3.8) is 0 Å². The highest BCUT2D eigenvalue weighted by atomic mass is 19.1. The Morgan fingerprint density at radius 3 is 2.94 bits per heavy atom. The molecule has 0 radical (unpaired) electrons. The van der Waals surface area contributed by atoms with Crippen molar-refractivity contribution in [2.75, 3.05) is 6.61 Å². The van der Waals surface area contributed by atoms with E-state index in [0.717, 1.165) is 12.0 Å². The first-order valence-corrected chi connectivity index (χ1v) is 5.32. The average Bonchev–Trinajstić information content (AvgIpc) is 2.66. The van der Waals surface area contributed by atoms with Crippen LogP contribution in [0, 0.1) is 5.82 Å². The third-order valence-corrected chi connectivity index (χ3v) is 2.75. The number of esters is 1. The van der Waals surface area contributed by atoms with Crippen molar-refractivity contribution in [1.82, 2.24) is 0 Å². The van der Waals surface area contributed by atoms with Crippen LogP contribution in [0.1, 0.15) is 34.3 Å². The van der Waals surface area contributed by atoms with Gasteiger partial charge in [0.25, 0.3) is 0 Å². The van der Waals surface area contributed by atoms with Gasteiger partial charge in [0.15, 0.2) is 0 Å². The second-order valence-corrected chi connectivity index (χ2v) is 3.82. The molecule has 1 aliphatic heterocycles. The van der Waals surface area contributed by atoms with Crippen molar-refractivity contribution >= 4 is 5.97 Å². The third-order valence-electron chi connectivity index (χ3n) is 2.75. The number of hydrogen-bond acceptors (Lipinski definition) is 3. The summed E-state index contributed by atoms with van der Waals surface area (Å²) >= 11 is 0. The number of hydrogen-bond donors (Lipinski definition) is 1. The predicted octanol–water partition coefficient (Wildman–Crippen LogP) is 1.81. The summed E-state index contributed by atoms with van der Waals surface area (Å²) in [5.74, 6) is -0.819. The molecule has 1 aliphatic rings. The lowest BCUT2D eigenvalue weighted by Crippen LogP contribution is -2.02. The van der Waals surface area contributed by atoms with Gasteiger partial charge in [-0.1, -0.05) is 6.07 Å². The van der Waals surface area contributed by atoms with Crippen molar-refractivity contribution in [3.8, 4) is 0 Å². The molecule has 0 unspecified atom stereocenters. The average molecular weight is 224 g/mol. The fourth-order valence-corrected chi connectivity index (χ4v) is 1.91. The Balaban J connectivity index is 2.26. The van der Waals surface area contributed by atoms with E-state index < -0.39 is 5.97 Å². The Hall–Kier alpha value is -1.42. The van der Waals surface area contributed by atoms with E-state index in [0.29, 0.717) is 24.0 Å². The van der Waals surface area contributed by atoms with Crippen molar-refractivity contribution in [2.24, 2.45) is 0 Å². The number of rotatable bonds is 4. The molecule has 4 heteroatoms. The summed E-state index contributed by atoms with van der Waals surface area (Å²) in [6.45, 7) is 0.168. The normalized spacial score (nSPS) is 13.8. The van der Waals surface area contributed by atoms with Gasteiger partial charge < -0.3 is 9.84 Å². The molecule has 16 heavy (non-hydrogen) atoms. The molecule has 86 valence electrons. The third kappa shape index (κ3) is 1.93. The quantitative estimate of drug-likeness (QED) is 0.626. The highest BCUT2D eigenvalue weighted by Gasteiger charge is 2.27. The van der Waals surface area contributed by atoms with Crippen LogP contribution >= 0.6 is 0 Å². The van der Waals surface area contributed by atoms with Crippen LogP contribution in [-0.2, 0) is 17.8 Å². The summed E-state index contributed by atoms with van der Waals surface area (Å²) in [6.07, 6.45) is 2.13. The largest absolute Gasteiger partial charge is 0.457 e. The highest BCUT2D eigenvalue weighted by molar-refractivity contribution is 5.95. The molecule has 3 nitrogen and oxygen atoms in total. The SMILES string of the molecule is O=C1OCc2c(F)ccc(CCCCO)c21. The first-order valence-electron chi connectivity index (χ1n) is 5.32. The molecule has 0 saturated carbocycles. The zero-order chi connectivity index (χ0) is 11.5. The maximum atomic E-state index is 13.4. The van der Waals surface area contributed by atoms with Gasteiger partial charge in [0.1, 0.15) is 12.4 Å². The Bertz CT molecular complexity index is 415. The zero-order valence-electron chi connectivity index (χ0n) is 8.83. The van der Waals surface area contributed by atoms with E-state index in [1.165, 1.54) is 6.07 Å². The lowest BCUT2D eigenvalue weighted by molar-refractivity contribution is 0.0533. The maximum absolute atomic E-state index is 13.4. The molecule has 0 saturated heterocycles. The number of ether oxygens (including phenoxy) is 1. The van der Waals surface area contributed by atoms with E-state index in [4.69, 9.17) is 9.84 Å². The van der Waals surface area contributed by atoms with Crippen molar-refractivity contribution in [3.05, 3.63) is 34.6 Å². The molecule has 0 bridgehead atoms. The van der Waals surface area contributed by atoms with Gasteiger partial charge in [0, 0.05) is 12.2 Å². The van der Waals surface area contributed by atoms with E-state index in [-0.39, 0.29) is 19.0 Å². The Morgan fingerprint density at radius 2 is 2.19 bits per heavy atom. The minimum Gasteiger partial charge on any atom is -0.457 e. The molecule has 1 heterocycles. The fourth-order valence-electron chi connectivity index (χ4n) is 1.91. The van der Waals surface area contributed by atoms with E-state index in [9.17, 15) is 9.18 Å². The molecule has 0 aliphatic carbocycles. The summed E-state index contributed by atoms with van der Waals surface area (Å²) in [4.78, 5) is 11.4. The molecule has 0 amide bonds. The number of carbonyl (C=O) groups is 1. The molecule has 1 aromatic carbocycles. The Labute approximate surface area is 92.9 Å². The van der Waals surface area contributed by atoms with Crippen molar-refractivity contribution in [2.45, 2.75) is 25.9 Å². The van der Waals surface area contributed by atoms with Crippen LogP contribution in [0.4, 0.5) is 4.39 Å². The smallest absolute Gasteiger partial charge is 0.339 e. The van der Waals surface area contributed by atoms with Crippen LogP contribution in [0.3, 0.4) is 0 Å². The molecule has 0 aromatic heterocycles. The number of aliphatic hydroxyl groups is 1. The first-order chi connectivity index (χ1) is 7.74. The molecule has 0 atom stereocenters. The van der Waals surface area contributed by atoms with Crippen LogP contribution in [0.25, 0.3) is 0 Å². The second kappa shape index (κ2) is 4.61. The van der Waals surface area contributed by atoms with Gasteiger partial charge in [-0.3, -0.25) is 0 Å². The molecule has 1 N–H and O–H groups in total. The summed E-state index contributed by atoms with van der Waals surface area (Å²) in [5, 5.41) is 8.68. The van der Waals surface area contributed by atoms with Gasteiger partial charge >= 0.3 is 5.97 Å². The molecule has 0 fully saturated rings. The van der Waals surface area contributed by atoms with E-state index in [1.54, 1.807) is 6.07 Å². The van der Waals surface area contributed by atoms with Crippen LogP contribution in [0.5, 0.6) is 0 Å². The highest BCUT2D eigenvalue weighted by Crippen LogP contribution is 2.27. The number of fused-ring (bicyclic) bond motifs is 1. The van der Waals surface area contributed by atoms with Gasteiger partial charge in [-0.15, -0.1) is 0 Å². The van der Waals surface area contributed by atoms with Crippen LogP contribution in [0.15, 0.2) is 12.1 Å². The number of carbonyl (C=O) groups excluding carboxylic acids is 1. The first kappa shape index (κ1) is 11.1. The van der Waals surface area contributed by atoms with Gasteiger partial charge in [0.05, 0.1) is 5.56 Å². The Kier molecular flexibility index (Phi) is 3.19. The Morgan fingerprint density at radius 1 is 1.38 bits per heavy atom. The number of halogens is 1. The minimum atomic E-state index is -0.437. The monoisotopic (exact) mass is 224 g/mol. The van der Waals surface area contributed by atoms with Gasteiger partial charge in [-0.05, 0) is 30.9 Å². The van der Waals surface area contributed by atoms with Crippen molar-refractivity contribution in [1.29, 1.82) is 0 Å². The topological polar surface area (TPSA) is 46.5 Å². The summed E-state index contributed by atoms with van der Waals surface area (Å²) in [5.41, 5.74) is 1.57. The molecular formula is C12H13FO3. The van der Waals surface area contributed by atoms with Gasteiger partial charge in [-0.2, -0.15) is 0 Å².